The number of hydrogen-bond acceptors (Lipinski definition) is 3. The lowest BCUT2D eigenvalue weighted by Gasteiger charge is -2.08. The Bertz CT molecular complexity index is 139. The number of rotatable bonds is 4. The van der Waals surface area contributed by atoms with Crippen molar-refractivity contribution in [3.05, 3.63) is 0 Å². The van der Waals surface area contributed by atoms with Crippen molar-refractivity contribution in [3.63, 3.8) is 0 Å². The molecule has 0 amide bonds. The van der Waals surface area contributed by atoms with Gasteiger partial charge >= 0.3 is 0 Å². The highest BCUT2D eigenvalue weighted by atomic mass is 16.3. The smallest absolute Gasteiger partial charge is 0.139 e. The van der Waals surface area contributed by atoms with Crippen LogP contribution in [0.4, 0.5) is 0 Å². The zero-order valence-corrected chi connectivity index (χ0v) is 5.95. The van der Waals surface area contributed by atoms with E-state index in [-0.39, 0.29) is 0 Å². The molecule has 0 aromatic rings. The van der Waals surface area contributed by atoms with Crippen molar-refractivity contribution < 1.29 is 9.90 Å². The van der Waals surface area contributed by atoms with Crippen LogP contribution in [0.2, 0.25) is 0 Å². The summed E-state index contributed by atoms with van der Waals surface area (Å²) in [5, 5.41) is 17.3. The molecule has 2 atom stereocenters. The Kier molecular flexibility index (Phi) is 4.51. The zero-order valence-electron chi connectivity index (χ0n) is 5.95. The number of hydrogen-bond donors (Lipinski definition) is 1. The van der Waals surface area contributed by atoms with E-state index in [1.165, 1.54) is 0 Å². The number of nitriles is 1. The Morgan fingerprint density at radius 3 is 2.70 bits per heavy atom. The van der Waals surface area contributed by atoms with E-state index in [2.05, 4.69) is 0 Å². The predicted octanol–water partition coefficient (Wildman–Crippen LogP) is 0.486. The summed E-state index contributed by atoms with van der Waals surface area (Å²) in [6, 6.07) is 1.72. The summed E-state index contributed by atoms with van der Waals surface area (Å²) in [5.74, 6) is -0.847. The normalized spacial score (nSPS) is 15.3. The summed E-state index contributed by atoms with van der Waals surface area (Å²) in [6.45, 7) is 1.89. The van der Waals surface area contributed by atoms with Gasteiger partial charge in [0.1, 0.15) is 12.2 Å². The van der Waals surface area contributed by atoms with Gasteiger partial charge in [-0.15, -0.1) is 0 Å². The van der Waals surface area contributed by atoms with E-state index >= 15 is 0 Å². The van der Waals surface area contributed by atoms with Crippen LogP contribution in [0.5, 0.6) is 0 Å². The summed E-state index contributed by atoms with van der Waals surface area (Å²) < 4.78 is 0. The molecule has 0 radical (unpaired) electrons. The predicted molar refractivity (Wildman–Crippen MR) is 36.1 cm³/mol. The van der Waals surface area contributed by atoms with Gasteiger partial charge in [-0.3, -0.25) is 0 Å². The van der Waals surface area contributed by atoms with Gasteiger partial charge in [0.05, 0.1) is 12.2 Å². The lowest BCUT2D eigenvalue weighted by molar-refractivity contribution is -0.112. The molecule has 1 unspecified atom stereocenters. The first-order valence-electron chi connectivity index (χ1n) is 3.29. The number of aliphatic hydroxyl groups excluding tert-OH is 1. The third-order valence-corrected chi connectivity index (χ3v) is 1.29. The van der Waals surface area contributed by atoms with Gasteiger partial charge < -0.3 is 9.90 Å². The molecule has 0 rings (SSSR count). The lowest BCUT2D eigenvalue weighted by Crippen LogP contribution is -2.19. The Hall–Kier alpha value is -0.880. The SMILES string of the molecule is CCC[C@H](O)C(C#N)C=O. The van der Waals surface area contributed by atoms with Gasteiger partial charge in [-0.05, 0) is 6.42 Å². The van der Waals surface area contributed by atoms with Crippen LogP contribution in [0, 0.1) is 17.2 Å². The minimum absolute atomic E-state index is 0.486. The van der Waals surface area contributed by atoms with Crippen LogP contribution < -0.4 is 0 Å². The van der Waals surface area contributed by atoms with E-state index in [9.17, 15) is 4.79 Å². The fourth-order valence-electron chi connectivity index (χ4n) is 0.682. The molecule has 56 valence electrons. The summed E-state index contributed by atoms with van der Waals surface area (Å²) in [6.07, 6.45) is 0.997. The number of carbonyl (C=O) groups is 1. The number of nitrogens with zero attached hydrogens (tertiary/aromatic N) is 1. The van der Waals surface area contributed by atoms with Crippen molar-refractivity contribution in [2.24, 2.45) is 5.92 Å². The van der Waals surface area contributed by atoms with Gasteiger partial charge in [0.2, 0.25) is 0 Å². The Balaban J connectivity index is 3.79. The quantitative estimate of drug-likeness (QED) is 0.579. The molecule has 3 nitrogen and oxygen atoms in total. The topological polar surface area (TPSA) is 61.1 Å². The third-order valence-electron chi connectivity index (χ3n) is 1.29. The minimum atomic E-state index is -0.847. The molecular formula is C7H11NO2. The maximum Gasteiger partial charge on any atom is 0.139 e. The van der Waals surface area contributed by atoms with E-state index in [4.69, 9.17) is 10.4 Å². The highest BCUT2D eigenvalue weighted by molar-refractivity contribution is 5.58. The molecule has 0 bridgehead atoms. The molecule has 0 aromatic heterocycles. The fourth-order valence-corrected chi connectivity index (χ4v) is 0.682. The average Bonchev–Trinajstić information content (AvgIpc) is 1.91. The summed E-state index contributed by atoms with van der Waals surface area (Å²) in [7, 11) is 0. The van der Waals surface area contributed by atoms with Crippen molar-refractivity contribution >= 4 is 6.29 Å². The van der Waals surface area contributed by atoms with Gasteiger partial charge in [0, 0.05) is 0 Å². The number of aliphatic hydroxyl groups is 1. The first kappa shape index (κ1) is 9.12. The molecular weight excluding hydrogens is 130 g/mol. The highest BCUT2D eigenvalue weighted by Crippen LogP contribution is 2.05. The Morgan fingerprint density at radius 1 is 1.80 bits per heavy atom. The molecule has 1 N–H and O–H groups in total. The van der Waals surface area contributed by atoms with Crippen molar-refractivity contribution in [2.45, 2.75) is 25.9 Å². The molecule has 0 aliphatic carbocycles. The minimum Gasteiger partial charge on any atom is -0.391 e. The first-order chi connectivity index (χ1) is 4.76. The van der Waals surface area contributed by atoms with Crippen LogP contribution in [0.1, 0.15) is 19.8 Å². The van der Waals surface area contributed by atoms with Crippen molar-refractivity contribution in [3.8, 4) is 6.07 Å². The fraction of sp³-hybridized carbons (Fsp3) is 0.714. The highest BCUT2D eigenvalue weighted by Gasteiger charge is 2.15. The Morgan fingerprint density at radius 2 is 2.40 bits per heavy atom. The monoisotopic (exact) mass is 141 g/mol. The second kappa shape index (κ2) is 4.95. The van der Waals surface area contributed by atoms with Crippen molar-refractivity contribution in [1.82, 2.24) is 0 Å². The van der Waals surface area contributed by atoms with Crippen LogP contribution in [0.15, 0.2) is 0 Å². The summed E-state index contributed by atoms with van der Waals surface area (Å²) in [4.78, 5) is 10.1. The molecule has 3 heteroatoms. The molecule has 0 spiro atoms. The van der Waals surface area contributed by atoms with Crippen LogP contribution >= 0.6 is 0 Å². The molecule has 0 aliphatic heterocycles. The zero-order chi connectivity index (χ0) is 7.98. The van der Waals surface area contributed by atoms with Crippen LogP contribution in [0.3, 0.4) is 0 Å². The second-order valence-corrected chi connectivity index (χ2v) is 2.15. The molecule has 0 heterocycles. The Labute approximate surface area is 60.3 Å². The third kappa shape index (κ3) is 2.60. The lowest BCUT2D eigenvalue weighted by atomic mass is 10.0. The van der Waals surface area contributed by atoms with Crippen molar-refractivity contribution in [1.29, 1.82) is 5.26 Å². The average molecular weight is 141 g/mol. The van der Waals surface area contributed by atoms with E-state index in [1.54, 1.807) is 6.07 Å². The maximum atomic E-state index is 10.1. The maximum absolute atomic E-state index is 10.1. The molecule has 10 heavy (non-hydrogen) atoms. The van der Waals surface area contributed by atoms with Gasteiger partial charge in [-0.1, -0.05) is 13.3 Å². The number of carbonyl (C=O) groups excluding carboxylic acids is 1. The summed E-state index contributed by atoms with van der Waals surface area (Å²) >= 11 is 0. The largest absolute Gasteiger partial charge is 0.391 e. The first-order valence-corrected chi connectivity index (χ1v) is 3.29. The van der Waals surface area contributed by atoms with E-state index < -0.39 is 12.0 Å². The number of aldehydes is 1. The molecule has 0 fully saturated rings. The molecule has 0 aromatic carbocycles. The summed E-state index contributed by atoms with van der Waals surface area (Å²) in [5.41, 5.74) is 0. The van der Waals surface area contributed by atoms with Crippen LogP contribution in [-0.2, 0) is 4.79 Å². The molecule has 0 aliphatic rings. The molecule has 0 saturated heterocycles. The van der Waals surface area contributed by atoms with Gasteiger partial charge in [-0.2, -0.15) is 5.26 Å². The molecule has 0 saturated carbocycles. The van der Waals surface area contributed by atoms with Crippen LogP contribution in [0.25, 0.3) is 0 Å². The van der Waals surface area contributed by atoms with Crippen molar-refractivity contribution in [2.75, 3.05) is 0 Å². The standard InChI is InChI=1S/C7H11NO2/c1-2-3-7(10)6(4-8)5-9/h5-7,10H,2-3H2,1H3/t6?,7-/m0/s1. The van der Waals surface area contributed by atoms with Gasteiger partial charge in [-0.25, -0.2) is 0 Å². The van der Waals surface area contributed by atoms with Gasteiger partial charge in [0.25, 0.3) is 0 Å². The van der Waals surface area contributed by atoms with Gasteiger partial charge in [0.15, 0.2) is 0 Å². The second-order valence-electron chi connectivity index (χ2n) is 2.15. The van der Waals surface area contributed by atoms with Crippen LogP contribution in [-0.4, -0.2) is 17.5 Å². The van der Waals surface area contributed by atoms with E-state index in [1.807, 2.05) is 6.92 Å². The van der Waals surface area contributed by atoms with E-state index in [0.29, 0.717) is 12.7 Å². The van der Waals surface area contributed by atoms with E-state index in [0.717, 1.165) is 6.42 Å².